The van der Waals surface area contributed by atoms with Gasteiger partial charge in [-0.05, 0) is 106 Å². The molecule has 7 nitrogen and oxygen atoms in total. The second-order valence-electron chi connectivity index (χ2n) is 11.4. The summed E-state index contributed by atoms with van der Waals surface area (Å²) < 4.78 is 0. The minimum atomic E-state index is -0.696. The maximum atomic E-state index is 13.4. The maximum absolute atomic E-state index is 13.4. The Hall–Kier alpha value is -1.80. The van der Waals surface area contributed by atoms with Gasteiger partial charge in [0.25, 0.3) is 5.91 Å². The Morgan fingerprint density at radius 1 is 1.06 bits per heavy atom. The van der Waals surface area contributed by atoms with Crippen molar-refractivity contribution in [3.8, 4) is 0 Å². The predicted octanol–water partition coefficient (Wildman–Crippen LogP) is 4.70. The molecule has 35 heavy (non-hydrogen) atoms. The first-order chi connectivity index (χ1) is 16.8. The first-order valence-corrected chi connectivity index (χ1v) is 14.5. The molecule has 8 heteroatoms. The molecule has 0 spiro atoms. The van der Waals surface area contributed by atoms with Crippen LogP contribution in [0.1, 0.15) is 87.9 Å². The van der Waals surface area contributed by atoms with Crippen LogP contribution in [0.15, 0.2) is 17.2 Å². The molecule has 1 amide bonds. The van der Waals surface area contributed by atoms with Crippen molar-refractivity contribution < 1.29 is 19.8 Å². The van der Waals surface area contributed by atoms with Crippen molar-refractivity contribution in [3.05, 3.63) is 17.7 Å². The molecule has 0 aliphatic heterocycles. The average Bonchev–Trinajstić information content (AvgIpc) is 3.00. The second-order valence-corrected chi connectivity index (χ2v) is 12.5. The zero-order chi connectivity index (χ0) is 24.6. The summed E-state index contributed by atoms with van der Waals surface area (Å²) in [7, 11) is 0. The zero-order valence-electron chi connectivity index (χ0n) is 20.7. The number of nitrogens with one attached hydrogen (secondary N) is 2. The van der Waals surface area contributed by atoms with Gasteiger partial charge in [0.05, 0.1) is 17.1 Å². The largest absolute Gasteiger partial charge is 0.481 e. The molecule has 1 heterocycles. The third-order valence-electron chi connectivity index (χ3n) is 8.91. The Morgan fingerprint density at radius 2 is 1.80 bits per heavy atom. The van der Waals surface area contributed by atoms with Gasteiger partial charge in [-0.2, -0.15) is 0 Å². The van der Waals surface area contributed by atoms with Crippen molar-refractivity contribution in [2.75, 3.05) is 11.1 Å². The number of amides is 1. The molecule has 192 valence electrons. The number of aromatic nitrogens is 1. The molecule has 3 bridgehead atoms. The quantitative estimate of drug-likeness (QED) is 0.382. The first-order valence-electron chi connectivity index (χ1n) is 13.5. The maximum Gasteiger partial charge on any atom is 0.306 e. The summed E-state index contributed by atoms with van der Waals surface area (Å²) in [6, 6.07) is 4.10. The average molecular weight is 502 g/mol. The fraction of sp³-hybridized carbons (Fsp3) is 0.741. The van der Waals surface area contributed by atoms with Crippen LogP contribution < -0.4 is 10.6 Å². The highest BCUT2D eigenvalue weighted by Gasteiger charge is 2.53. The number of aliphatic carboxylic acids is 1. The molecule has 4 aliphatic carbocycles. The fourth-order valence-electron chi connectivity index (χ4n) is 7.20. The van der Waals surface area contributed by atoms with E-state index in [1.54, 1.807) is 11.8 Å². The summed E-state index contributed by atoms with van der Waals surface area (Å²) in [5.74, 6) is 2.25. The zero-order valence-corrected chi connectivity index (χ0v) is 21.5. The molecular formula is C27H39N3O4S. The van der Waals surface area contributed by atoms with Crippen molar-refractivity contribution in [1.82, 2.24) is 10.3 Å². The molecule has 4 fully saturated rings. The Morgan fingerprint density at radius 3 is 2.54 bits per heavy atom. The highest BCUT2D eigenvalue weighted by molar-refractivity contribution is 7.99. The fourth-order valence-corrected chi connectivity index (χ4v) is 8.08. The Bertz CT molecular complexity index is 950. The number of hydrogen-bond donors (Lipinski definition) is 4. The van der Waals surface area contributed by atoms with Crippen molar-refractivity contribution in [1.29, 1.82) is 0 Å². The lowest BCUT2D eigenvalue weighted by Gasteiger charge is -2.38. The van der Waals surface area contributed by atoms with Crippen LogP contribution in [-0.2, 0) is 4.79 Å². The van der Waals surface area contributed by atoms with E-state index in [0.717, 1.165) is 74.4 Å². The summed E-state index contributed by atoms with van der Waals surface area (Å²) >= 11 is 1.62. The van der Waals surface area contributed by atoms with Gasteiger partial charge in [-0.1, -0.05) is 6.92 Å². The molecule has 0 saturated heterocycles. The van der Waals surface area contributed by atoms with Gasteiger partial charge in [0, 0.05) is 12.1 Å². The molecule has 5 atom stereocenters. The smallest absolute Gasteiger partial charge is 0.306 e. The van der Waals surface area contributed by atoms with Crippen LogP contribution in [0.3, 0.4) is 0 Å². The van der Waals surface area contributed by atoms with Crippen LogP contribution in [0.2, 0.25) is 0 Å². The van der Waals surface area contributed by atoms with E-state index in [2.05, 4.69) is 17.6 Å². The van der Waals surface area contributed by atoms with Crippen LogP contribution in [0.4, 0.5) is 5.82 Å². The lowest BCUT2D eigenvalue weighted by Crippen LogP contribution is -2.45. The van der Waals surface area contributed by atoms with Crippen LogP contribution in [0, 0.1) is 23.7 Å². The van der Waals surface area contributed by atoms with Gasteiger partial charge in [0.2, 0.25) is 0 Å². The van der Waals surface area contributed by atoms with E-state index in [4.69, 9.17) is 4.98 Å². The lowest BCUT2D eigenvalue weighted by molar-refractivity contribution is -0.142. The number of anilines is 1. The summed E-state index contributed by atoms with van der Waals surface area (Å²) in [6.45, 7) is 2.12. The third-order valence-corrected chi connectivity index (χ3v) is 10.1. The number of pyridine rings is 1. The molecular weight excluding hydrogens is 462 g/mol. The molecule has 5 rings (SSSR count). The van der Waals surface area contributed by atoms with E-state index in [-0.39, 0.29) is 23.9 Å². The SMILES string of the molecule is CCCSc1nc(N[C@H]2CC[C@H](C(=O)O)CC2)ccc1C(=O)N[C@@H]1CCC2C[C@@]3(O)CC2CC1C3. The highest BCUT2D eigenvalue weighted by Crippen LogP contribution is 2.55. The van der Waals surface area contributed by atoms with Gasteiger partial charge in [-0.15, -0.1) is 11.8 Å². The lowest BCUT2D eigenvalue weighted by atomic mass is 9.75. The van der Waals surface area contributed by atoms with Crippen molar-refractivity contribution in [2.24, 2.45) is 23.7 Å². The number of hydrogen-bond acceptors (Lipinski definition) is 6. The van der Waals surface area contributed by atoms with Gasteiger partial charge in [-0.3, -0.25) is 9.59 Å². The van der Waals surface area contributed by atoms with E-state index < -0.39 is 11.6 Å². The number of carboxylic acid groups (broad SMARTS) is 1. The number of fused-ring (bicyclic) bond motifs is 2. The van der Waals surface area contributed by atoms with E-state index >= 15 is 0 Å². The minimum Gasteiger partial charge on any atom is -0.481 e. The van der Waals surface area contributed by atoms with Gasteiger partial charge in [-0.25, -0.2) is 4.98 Å². The number of aliphatic hydroxyl groups is 1. The number of thioether (sulfide) groups is 1. The number of nitrogens with zero attached hydrogens (tertiary/aromatic N) is 1. The normalized spacial score (nSPS) is 35.9. The van der Waals surface area contributed by atoms with Crippen LogP contribution in [0.5, 0.6) is 0 Å². The standard InChI is InChI=1S/C27H39N3O4S/c1-2-11-35-25-21(8-10-23(30-25)28-20-6-3-16(4-7-20)26(32)33)24(31)29-22-9-5-17-13-27(34)14-18(17)12-19(22)15-27/h8,10,16-20,22,34H,2-7,9,11-15H2,1H3,(H,28,30)(H,29,31)(H,32,33)/t16-,17?,18?,19?,20-,22-,27-/m1/s1. The van der Waals surface area contributed by atoms with Crippen molar-refractivity contribution in [3.63, 3.8) is 0 Å². The van der Waals surface area contributed by atoms with Gasteiger partial charge in [0.15, 0.2) is 0 Å². The van der Waals surface area contributed by atoms with Crippen molar-refractivity contribution in [2.45, 2.75) is 100 Å². The number of rotatable bonds is 8. The van der Waals surface area contributed by atoms with E-state index in [1.165, 1.54) is 0 Å². The topological polar surface area (TPSA) is 112 Å². The third kappa shape index (κ3) is 5.48. The summed E-state index contributed by atoms with van der Waals surface area (Å²) in [6.07, 6.45) is 9.92. The summed E-state index contributed by atoms with van der Waals surface area (Å²) in [5.41, 5.74) is 0.117. The van der Waals surface area contributed by atoms with Crippen LogP contribution >= 0.6 is 11.8 Å². The minimum absolute atomic E-state index is 0.0562. The molecule has 3 unspecified atom stereocenters. The monoisotopic (exact) mass is 501 g/mol. The molecule has 1 aromatic rings. The van der Waals surface area contributed by atoms with Crippen LogP contribution in [0.25, 0.3) is 0 Å². The molecule has 4 saturated carbocycles. The van der Waals surface area contributed by atoms with Crippen LogP contribution in [-0.4, -0.2) is 50.5 Å². The highest BCUT2D eigenvalue weighted by atomic mass is 32.2. The predicted molar refractivity (Wildman–Crippen MR) is 137 cm³/mol. The van der Waals surface area contributed by atoms with E-state index in [9.17, 15) is 19.8 Å². The number of carbonyl (C=O) groups is 2. The molecule has 4 N–H and O–H groups in total. The summed E-state index contributed by atoms with van der Waals surface area (Å²) in [4.78, 5) is 29.5. The molecule has 0 radical (unpaired) electrons. The molecule has 1 aromatic heterocycles. The Balaban J connectivity index is 1.26. The second kappa shape index (κ2) is 10.3. The first kappa shape index (κ1) is 24.9. The molecule has 0 aromatic carbocycles. The van der Waals surface area contributed by atoms with Crippen molar-refractivity contribution >= 4 is 29.5 Å². The Kier molecular flexibility index (Phi) is 7.31. The number of carbonyl (C=O) groups excluding carboxylic acids is 1. The van der Waals surface area contributed by atoms with E-state index in [1.807, 2.05) is 12.1 Å². The van der Waals surface area contributed by atoms with Gasteiger partial charge in [0.1, 0.15) is 10.8 Å². The van der Waals surface area contributed by atoms with Gasteiger partial charge >= 0.3 is 5.97 Å². The number of carboxylic acids is 1. The van der Waals surface area contributed by atoms with Gasteiger partial charge < -0.3 is 20.8 Å². The Labute approximate surface area is 212 Å². The summed E-state index contributed by atoms with van der Waals surface area (Å²) in [5, 5.41) is 27.8. The molecule has 4 aliphatic rings. The van der Waals surface area contributed by atoms with E-state index in [0.29, 0.717) is 36.2 Å².